The highest BCUT2D eigenvalue weighted by Gasteiger charge is 2.31. The van der Waals surface area contributed by atoms with Gasteiger partial charge in [0.05, 0.1) is 6.04 Å². The third-order valence-corrected chi connectivity index (χ3v) is 7.30. The Kier molecular flexibility index (Phi) is 15.8. The second-order valence-electron chi connectivity index (χ2n) is 12.0. The summed E-state index contributed by atoms with van der Waals surface area (Å²) < 4.78 is 0. The second kappa shape index (κ2) is 19.5. The molecular formula is C33H48N8O7. The van der Waals surface area contributed by atoms with Gasteiger partial charge in [-0.25, -0.2) is 4.79 Å². The quantitative estimate of drug-likeness (QED) is 0.0533. The number of aliphatic imine (C=N–C) groups is 1. The van der Waals surface area contributed by atoms with Crippen molar-refractivity contribution in [2.45, 2.75) is 83.1 Å². The summed E-state index contributed by atoms with van der Waals surface area (Å²) in [5, 5.41) is 29.6. The number of rotatable bonds is 19. The molecule has 0 bridgehead atoms. The van der Waals surface area contributed by atoms with Gasteiger partial charge in [0.2, 0.25) is 23.6 Å². The normalized spacial score (nSPS) is 14.0. The van der Waals surface area contributed by atoms with E-state index in [0.29, 0.717) is 5.56 Å². The summed E-state index contributed by atoms with van der Waals surface area (Å²) in [4.78, 5) is 68.7. The first-order chi connectivity index (χ1) is 22.7. The van der Waals surface area contributed by atoms with Crippen molar-refractivity contribution < 1.29 is 34.2 Å². The Morgan fingerprint density at radius 1 is 0.729 bits per heavy atom. The zero-order valence-electron chi connectivity index (χ0n) is 27.5. The Morgan fingerprint density at radius 3 is 1.88 bits per heavy atom. The molecule has 0 radical (unpaired) electrons. The SMILES string of the molecule is CC(C)C[C@H](NC(=O)[C@H](Cc1ccccc1)NC(=O)[C@@H](C)NC(=O)[C@@H](N)Cc1ccc(O)cc1)C(=O)N[C@@H](CCCN=C(N)N)C(=O)O. The maximum atomic E-state index is 13.7. The molecule has 4 amide bonds. The summed E-state index contributed by atoms with van der Waals surface area (Å²) >= 11 is 0. The van der Waals surface area contributed by atoms with E-state index in [1.165, 1.54) is 19.1 Å². The number of aliphatic carboxylic acids is 1. The van der Waals surface area contributed by atoms with Crippen molar-refractivity contribution in [3.63, 3.8) is 0 Å². The van der Waals surface area contributed by atoms with Crippen LogP contribution in [-0.2, 0) is 36.8 Å². The average molecular weight is 669 g/mol. The summed E-state index contributed by atoms with van der Waals surface area (Å²) in [7, 11) is 0. The smallest absolute Gasteiger partial charge is 0.326 e. The lowest BCUT2D eigenvalue weighted by Crippen LogP contribution is -2.58. The molecule has 0 aliphatic heterocycles. The number of amides is 4. The standard InChI is InChI=1S/C33H48N8O7/c1-19(2)16-26(30(45)39-25(32(47)48)10-7-15-37-33(35)36)41-31(46)27(18-21-8-5-4-6-9-21)40-28(43)20(3)38-29(44)24(34)17-22-11-13-23(42)14-12-22/h4-6,8-9,11-14,19-20,24-27,42H,7,10,15-18,34H2,1-3H3,(H,38,44)(H,39,45)(H,40,43)(H,41,46)(H,47,48)(H4,35,36,37)/t20-,24+,25+,26+,27+/m1/s1. The first-order valence-electron chi connectivity index (χ1n) is 15.7. The van der Waals surface area contributed by atoms with Crippen molar-refractivity contribution in [1.82, 2.24) is 21.3 Å². The number of aromatic hydroxyl groups is 1. The van der Waals surface area contributed by atoms with E-state index >= 15 is 0 Å². The molecule has 0 saturated heterocycles. The van der Waals surface area contributed by atoms with Gasteiger partial charge in [-0.05, 0) is 61.8 Å². The number of nitrogens with one attached hydrogen (secondary N) is 4. The summed E-state index contributed by atoms with van der Waals surface area (Å²) in [6.07, 6.45) is 0.762. The molecule has 2 aromatic carbocycles. The Bertz CT molecular complexity index is 1400. The second-order valence-corrected chi connectivity index (χ2v) is 12.0. The van der Waals surface area contributed by atoms with E-state index in [-0.39, 0.29) is 56.3 Å². The molecule has 2 rings (SSSR count). The van der Waals surface area contributed by atoms with Gasteiger partial charge in [-0.2, -0.15) is 0 Å². The fourth-order valence-electron chi connectivity index (χ4n) is 4.73. The van der Waals surface area contributed by atoms with Gasteiger partial charge in [0.15, 0.2) is 5.96 Å². The van der Waals surface area contributed by atoms with Crippen LogP contribution in [0.1, 0.15) is 51.2 Å². The van der Waals surface area contributed by atoms with Crippen LogP contribution in [0.2, 0.25) is 0 Å². The van der Waals surface area contributed by atoms with E-state index in [0.717, 1.165) is 5.56 Å². The molecule has 0 heterocycles. The number of nitrogens with zero attached hydrogens (tertiary/aromatic N) is 1. The fourth-order valence-corrected chi connectivity index (χ4v) is 4.73. The number of carboxylic acid groups (broad SMARTS) is 1. The lowest BCUT2D eigenvalue weighted by atomic mass is 10.00. The molecule has 0 unspecified atom stereocenters. The van der Waals surface area contributed by atoms with Crippen molar-refractivity contribution in [1.29, 1.82) is 0 Å². The highest BCUT2D eigenvalue weighted by Crippen LogP contribution is 2.12. The van der Waals surface area contributed by atoms with Gasteiger partial charge < -0.3 is 48.7 Å². The molecule has 0 aliphatic rings. The molecule has 15 nitrogen and oxygen atoms in total. The van der Waals surface area contributed by atoms with Gasteiger partial charge in [-0.3, -0.25) is 24.2 Å². The van der Waals surface area contributed by atoms with Gasteiger partial charge in [0, 0.05) is 13.0 Å². The van der Waals surface area contributed by atoms with E-state index in [2.05, 4.69) is 26.3 Å². The predicted molar refractivity (Wildman–Crippen MR) is 180 cm³/mol. The molecule has 5 atom stereocenters. The van der Waals surface area contributed by atoms with Crippen LogP contribution in [0.3, 0.4) is 0 Å². The molecule has 2 aromatic rings. The molecule has 12 N–H and O–H groups in total. The van der Waals surface area contributed by atoms with E-state index < -0.39 is 59.8 Å². The zero-order chi connectivity index (χ0) is 35.8. The van der Waals surface area contributed by atoms with Gasteiger partial charge in [0.25, 0.3) is 0 Å². The molecule has 262 valence electrons. The number of carbonyl (C=O) groups is 5. The number of nitrogens with two attached hydrogens (primary N) is 3. The van der Waals surface area contributed by atoms with E-state index in [1.54, 1.807) is 42.5 Å². The molecule has 0 spiro atoms. The summed E-state index contributed by atoms with van der Waals surface area (Å²) in [6, 6.07) is 9.57. The summed E-state index contributed by atoms with van der Waals surface area (Å²) in [5.41, 5.74) is 18.1. The minimum Gasteiger partial charge on any atom is -0.508 e. The number of hydrogen-bond donors (Lipinski definition) is 9. The van der Waals surface area contributed by atoms with Crippen molar-refractivity contribution in [3.05, 3.63) is 65.7 Å². The predicted octanol–water partition coefficient (Wildman–Crippen LogP) is -0.352. The van der Waals surface area contributed by atoms with Gasteiger partial charge in [0.1, 0.15) is 29.9 Å². The van der Waals surface area contributed by atoms with Gasteiger partial charge >= 0.3 is 5.97 Å². The van der Waals surface area contributed by atoms with Crippen LogP contribution in [0.5, 0.6) is 5.75 Å². The maximum absolute atomic E-state index is 13.7. The Hall–Kier alpha value is -5.18. The fraction of sp³-hybridized carbons (Fsp3) is 0.455. The lowest BCUT2D eigenvalue weighted by Gasteiger charge is -2.26. The van der Waals surface area contributed by atoms with E-state index in [1.807, 2.05) is 13.8 Å². The molecule has 0 aromatic heterocycles. The van der Waals surface area contributed by atoms with Crippen molar-refractivity contribution >= 4 is 35.6 Å². The van der Waals surface area contributed by atoms with Crippen molar-refractivity contribution in [2.24, 2.45) is 28.1 Å². The first kappa shape index (κ1) is 39.0. The Balaban J connectivity index is 2.15. The van der Waals surface area contributed by atoms with Crippen LogP contribution in [0.4, 0.5) is 0 Å². The molecule has 48 heavy (non-hydrogen) atoms. The van der Waals surface area contributed by atoms with Crippen LogP contribution in [0.25, 0.3) is 0 Å². The van der Waals surface area contributed by atoms with Crippen LogP contribution in [0, 0.1) is 5.92 Å². The average Bonchev–Trinajstić information content (AvgIpc) is 3.02. The van der Waals surface area contributed by atoms with Crippen molar-refractivity contribution in [2.75, 3.05) is 6.54 Å². The molecule has 0 saturated carbocycles. The largest absolute Gasteiger partial charge is 0.508 e. The zero-order valence-corrected chi connectivity index (χ0v) is 27.5. The number of phenolic OH excluding ortho intramolecular Hbond substituents is 1. The maximum Gasteiger partial charge on any atom is 0.326 e. The molecule has 0 aliphatic carbocycles. The third kappa shape index (κ3) is 14.1. The van der Waals surface area contributed by atoms with Gasteiger partial charge in [-0.15, -0.1) is 0 Å². The molecular weight excluding hydrogens is 620 g/mol. The van der Waals surface area contributed by atoms with Crippen LogP contribution >= 0.6 is 0 Å². The topological polar surface area (TPSA) is 264 Å². The third-order valence-electron chi connectivity index (χ3n) is 7.30. The monoisotopic (exact) mass is 668 g/mol. The van der Waals surface area contributed by atoms with E-state index in [9.17, 15) is 34.2 Å². The molecule has 0 fully saturated rings. The summed E-state index contributed by atoms with van der Waals surface area (Å²) in [5.74, 6) is -3.98. The Labute approximate surface area is 280 Å². The van der Waals surface area contributed by atoms with Crippen LogP contribution < -0.4 is 38.5 Å². The number of benzene rings is 2. The minimum atomic E-state index is -1.25. The number of carbonyl (C=O) groups excluding carboxylic acids is 4. The molecule has 15 heteroatoms. The lowest BCUT2D eigenvalue weighted by molar-refractivity contribution is -0.142. The summed E-state index contributed by atoms with van der Waals surface area (Å²) in [6.45, 7) is 5.32. The van der Waals surface area contributed by atoms with Gasteiger partial charge in [-0.1, -0.05) is 56.3 Å². The number of guanidine groups is 1. The van der Waals surface area contributed by atoms with Crippen LogP contribution in [0.15, 0.2) is 59.6 Å². The Morgan fingerprint density at radius 2 is 1.29 bits per heavy atom. The number of carboxylic acids is 1. The minimum absolute atomic E-state index is 0.0507. The van der Waals surface area contributed by atoms with Crippen molar-refractivity contribution in [3.8, 4) is 5.75 Å². The number of phenols is 1. The van der Waals surface area contributed by atoms with E-state index in [4.69, 9.17) is 17.2 Å². The number of hydrogen-bond acceptors (Lipinski definition) is 8. The highest BCUT2D eigenvalue weighted by molar-refractivity contribution is 5.95. The highest BCUT2D eigenvalue weighted by atomic mass is 16.4. The first-order valence-corrected chi connectivity index (χ1v) is 15.7. The van der Waals surface area contributed by atoms with Crippen LogP contribution in [-0.4, -0.2) is 82.5 Å².